The number of morpholine rings is 1. The van der Waals surface area contributed by atoms with E-state index in [0.29, 0.717) is 19.7 Å². The number of nitrogens with one attached hydrogen (secondary N) is 1. The molecule has 0 saturated carbocycles. The molecule has 2 aromatic rings. The van der Waals surface area contributed by atoms with Gasteiger partial charge in [-0.25, -0.2) is 0 Å². The third-order valence-corrected chi connectivity index (χ3v) is 4.71. The van der Waals surface area contributed by atoms with Gasteiger partial charge in [0.1, 0.15) is 6.10 Å². The van der Waals surface area contributed by atoms with Crippen LogP contribution in [0.25, 0.3) is 0 Å². The molecule has 1 fully saturated rings. The number of non-ortho nitro benzene ring substituents is 1. The van der Waals surface area contributed by atoms with Crippen LogP contribution >= 0.6 is 11.6 Å². The molecule has 9 heteroatoms. The van der Waals surface area contributed by atoms with Crippen molar-refractivity contribution in [2.24, 2.45) is 0 Å². The maximum Gasteiger partial charge on any atom is 0.270 e. The van der Waals surface area contributed by atoms with Crippen LogP contribution in [-0.4, -0.2) is 47.9 Å². The monoisotopic (exact) mass is 403 g/mol. The van der Waals surface area contributed by atoms with Crippen molar-refractivity contribution in [1.29, 1.82) is 0 Å². The number of carbonyl (C=O) groups is 2. The fourth-order valence-electron chi connectivity index (χ4n) is 2.91. The van der Waals surface area contributed by atoms with Gasteiger partial charge in [0.2, 0.25) is 5.91 Å². The van der Waals surface area contributed by atoms with Crippen LogP contribution in [0.5, 0.6) is 0 Å². The summed E-state index contributed by atoms with van der Waals surface area (Å²) in [6, 6.07) is 13.2. The Hall–Kier alpha value is -2.97. The summed E-state index contributed by atoms with van der Waals surface area (Å²) in [6.45, 7) is 1.05. The molecule has 146 valence electrons. The van der Waals surface area contributed by atoms with E-state index in [1.165, 1.54) is 12.1 Å². The highest BCUT2D eigenvalue weighted by molar-refractivity contribution is 6.34. The second-order valence-corrected chi connectivity index (χ2v) is 6.62. The summed E-state index contributed by atoms with van der Waals surface area (Å²) in [7, 11) is 0. The number of carbonyl (C=O) groups excluding carboxylic acids is 2. The number of amides is 2. The van der Waals surface area contributed by atoms with Crippen molar-refractivity contribution < 1.29 is 19.2 Å². The molecule has 2 amide bonds. The lowest BCUT2D eigenvalue weighted by Gasteiger charge is -2.33. The fraction of sp³-hybridized carbons (Fsp3) is 0.263. The molecular formula is C19H18ClN3O5. The van der Waals surface area contributed by atoms with Crippen molar-refractivity contribution in [3.63, 3.8) is 0 Å². The summed E-state index contributed by atoms with van der Waals surface area (Å²) in [5.74, 6) is -0.809. The van der Waals surface area contributed by atoms with Crippen LogP contribution in [-0.2, 0) is 9.53 Å². The zero-order chi connectivity index (χ0) is 20.1. The van der Waals surface area contributed by atoms with Crippen molar-refractivity contribution in [2.75, 3.05) is 26.2 Å². The Morgan fingerprint density at radius 1 is 1.25 bits per heavy atom. The molecule has 1 atom stereocenters. The molecule has 8 nitrogen and oxygen atoms in total. The lowest BCUT2D eigenvalue weighted by atomic mass is 10.1. The number of hydrogen-bond acceptors (Lipinski definition) is 5. The molecule has 1 aliphatic heterocycles. The quantitative estimate of drug-likeness (QED) is 0.610. The van der Waals surface area contributed by atoms with Gasteiger partial charge in [-0.3, -0.25) is 19.7 Å². The topological polar surface area (TPSA) is 102 Å². The molecule has 28 heavy (non-hydrogen) atoms. The largest absolute Gasteiger partial charge is 0.370 e. The van der Waals surface area contributed by atoms with Gasteiger partial charge in [0.25, 0.3) is 11.6 Å². The molecule has 3 rings (SSSR count). The highest BCUT2D eigenvalue weighted by Crippen LogP contribution is 2.23. The standard InChI is InChI=1S/C19H18ClN3O5/c20-16-10-14(23(26)27)6-7-15(16)19(25)21-11-18(24)22-8-9-28-17(12-22)13-4-2-1-3-5-13/h1-7,10,17H,8-9,11-12H2,(H,21,25). The van der Waals surface area contributed by atoms with E-state index in [1.54, 1.807) is 4.90 Å². The van der Waals surface area contributed by atoms with Crippen molar-refractivity contribution >= 4 is 29.1 Å². The average molecular weight is 404 g/mol. The summed E-state index contributed by atoms with van der Waals surface area (Å²) >= 11 is 5.94. The average Bonchev–Trinajstić information content (AvgIpc) is 2.72. The van der Waals surface area contributed by atoms with E-state index >= 15 is 0 Å². The Balaban J connectivity index is 1.57. The number of nitrogens with zero attached hydrogens (tertiary/aromatic N) is 2. The van der Waals surface area contributed by atoms with Gasteiger partial charge in [0.05, 0.1) is 35.2 Å². The number of rotatable bonds is 5. The Morgan fingerprint density at radius 2 is 2.00 bits per heavy atom. The predicted octanol–water partition coefficient (Wildman–Crippen LogP) is 2.58. The molecule has 0 spiro atoms. The van der Waals surface area contributed by atoms with Gasteiger partial charge in [0.15, 0.2) is 0 Å². The van der Waals surface area contributed by atoms with Crippen molar-refractivity contribution in [3.05, 3.63) is 74.8 Å². The van der Waals surface area contributed by atoms with Crippen LogP contribution in [0.4, 0.5) is 5.69 Å². The molecule has 0 radical (unpaired) electrons. The highest BCUT2D eigenvalue weighted by atomic mass is 35.5. The van der Waals surface area contributed by atoms with Gasteiger partial charge in [-0.1, -0.05) is 41.9 Å². The molecule has 0 aromatic heterocycles. The number of nitro groups is 1. The second-order valence-electron chi connectivity index (χ2n) is 6.21. The molecule has 1 aliphatic rings. The van der Waals surface area contributed by atoms with Gasteiger partial charge >= 0.3 is 0 Å². The van der Waals surface area contributed by atoms with Crippen LogP contribution in [0.3, 0.4) is 0 Å². The number of nitro benzene ring substituents is 1. The zero-order valence-corrected chi connectivity index (χ0v) is 15.6. The molecule has 0 bridgehead atoms. The normalized spacial score (nSPS) is 16.5. The van der Waals surface area contributed by atoms with Crippen molar-refractivity contribution in [3.8, 4) is 0 Å². The Bertz CT molecular complexity index is 890. The molecule has 1 N–H and O–H groups in total. The molecule has 1 unspecified atom stereocenters. The minimum absolute atomic E-state index is 0.0466. The van der Waals surface area contributed by atoms with E-state index < -0.39 is 10.8 Å². The summed E-state index contributed by atoms with van der Waals surface area (Å²) in [5.41, 5.74) is 0.851. The van der Waals surface area contributed by atoms with Crippen molar-refractivity contribution in [1.82, 2.24) is 10.2 Å². The lowest BCUT2D eigenvalue weighted by Crippen LogP contribution is -2.46. The molecule has 0 aliphatic carbocycles. The maximum atomic E-state index is 12.5. The number of halogens is 1. The SMILES string of the molecule is O=C(NCC(=O)N1CCOC(c2ccccc2)C1)c1ccc([N+](=O)[O-])cc1Cl. The summed E-state index contributed by atoms with van der Waals surface area (Å²) in [4.78, 5) is 36.5. The number of benzene rings is 2. The predicted molar refractivity (Wildman–Crippen MR) is 102 cm³/mol. The highest BCUT2D eigenvalue weighted by Gasteiger charge is 2.25. The first-order valence-electron chi connectivity index (χ1n) is 8.62. The van der Waals surface area contributed by atoms with Gasteiger partial charge in [-0.05, 0) is 11.6 Å². The second kappa shape index (κ2) is 8.81. The first-order valence-corrected chi connectivity index (χ1v) is 9.00. The van der Waals surface area contributed by atoms with Crippen LogP contribution in [0.15, 0.2) is 48.5 Å². The van der Waals surface area contributed by atoms with E-state index in [4.69, 9.17) is 16.3 Å². The van der Waals surface area contributed by atoms with Gasteiger partial charge < -0.3 is 15.0 Å². The van der Waals surface area contributed by atoms with Crippen LogP contribution < -0.4 is 5.32 Å². The van der Waals surface area contributed by atoms with Crippen LogP contribution in [0, 0.1) is 10.1 Å². The van der Waals surface area contributed by atoms with Crippen LogP contribution in [0.1, 0.15) is 22.0 Å². The van der Waals surface area contributed by atoms with E-state index in [0.717, 1.165) is 11.6 Å². The smallest absolute Gasteiger partial charge is 0.270 e. The first-order chi connectivity index (χ1) is 13.5. The Morgan fingerprint density at radius 3 is 2.68 bits per heavy atom. The van der Waals surface area contributed by atoms with E-state index in [-0.39, 0.29) is 34.8 Å². The van der Waals surface area contributed by atoms with Gasteiger partial charge in [-0.2, -0.15) is 0 Å². The minimum atomic E-state index is -0.599. The number of ether oxygens (including phenoxy) is 1. The first kappa shape index (κ1) is 19.8. The van der Waals surface area contributed by atoms with E-state index in [2.05, 4.69) is 5.32 Å². The summed E-state index contributed by atoms with van der Waals surface area (Å²) < 4.78 is 5.73. The number of hydrogen-bond donors (Lipinski definition) is 1. The van der Waals surface area contributed by atoms with E-state index in [1.807, 2.05) is 30.3 Å². The Kier molecular flexibility index (Phi) is 6.23. The lowest BCUT2D eigenvalue weighted by molar-refractivity contribution is -0.384. The molecule has 1 saturated heterocycles. The van der Waals surface area contributed by atoms with Crippen LogP contribution in [0.2, 0.25) is 5.02 Å². The molecule has 2 aromatic carbocycles. The molecule has 1 heterocycles. The third kappa shape index (κ3) is 4.65. The van der Waals surface area contributed by atoms with Crippen molar-refractivity contribution in [2.45, 2.75) is 6.10 Å². The fourth-order valence-corrected chi connectivity index (χ4v) is 3.17. The van der Waals surface area contributed by atoms with Gasteiger partial charge in [-0.15, -0.1) is 0 Å². The van der Waals surface area contributed by atoms with Gasteiger partial charge in [0, 0.05) is 18.7 Å². The van der Waals surface area contributed by atoms with E-state index in [9.17, 15) is 19.7 Å². The molecular weight excluding hydrogens is 386 g/mol. The Labute approximate surface area is 166 Å². The summed E-state index contributed by atoms with van der Waals surface area (Å²) in [5, 5.41) is 13.2. The third-order valence-electron chi connectivity index (χ3n) is 4.40. The summed E-state index contributed by atoms with van der Waals surface area (Å²) in [6.07, 6.45) is -0.210. The minimum Gasteiger partial charge on any atom is -0.370 e. The maximum absolute atomic E-state index is 12.5. The zero-order valence-electron chi connectivity index (χ0n) is 14.8.